The van der Waals surface area contributed by atoms with E-state index in [0.717, 1.165) is 12.1 Å². The van der Waals surface area contributed by atoms with E-state index in [1.807, 2.05) is 0 Å². The van der Waals surface area contributed by atoms with Gasteiger partial charge in [0, 0.05) is 5.56 Å². The summed E-state index contributed by atoms with van der Waals surface area (Å²) in [6.45, 7) is 0. The van der Waals surface area contributed by atoms with Gasteiger partial charge in [0.2, 0.25) is 0 Å². The number of hydrogen-bond acceptors (Lipinski definition) is 2. The van der Waals surface area contributed by atoms with Gasteiger partial charge in [0.05, 0.1) is 7.11 Å². The van der Waals surface area contributed by atoms with Crippen molar-refractivity contribution in [1.29, 1.82) is 0 Å². The molecule has 1 aromatic rings. The fraction of sp³-hybridized carbons (Fsp3) is 0.222. The monoisotopic (exact) mass is 202 g/mol. The molecule has 5 heteroatoms. The van der Waals surface area contributed by atoms with Gasteiger partial charge in [-0.15, -0.1) is 0 Å². The number of aromatic carboxylic acids is 1. The van der Waals surface area contributed by atoms with Crippen molar-refractivity contribution in [2.75, 3.05) is 7.11 Å². The summed E-state index contributed by atoms with van der Waals surface area (Å²) in [5, 5.41) is 8.68. The topological polar surface area (TPSA) is 46.5 Å². The second-order valence-corrected chi connectivity index (χ2v) is 2.57. The first kappa shape index (κ1) is 10.4. The van der Waals surface area contributed by atoms with Gasteiger partial charge in [0.15, 0.2) is 0 Å². The molecule has 1 N–H and O–H groups in total. The molecule has 14 heavy (non-hydrogen) atoms. The summed E-state index contributed by atoms with van der Waals surface area (Å²) in [5.41, 5.74) is -0.589. The van der Waals surface area contributed by atoms with Gasteiger partial charge in [-0.2, -0.15) is 0 Å². The highest BCUT2D eigenvalue weighted by atomic mass is 19.3. The Kier molecular flexibility index (Phi) is 3.01. The first-order valence-electron chi connectivity index (χ1n) is 3.75. The lowest BCUT2D eigenvalue weighted by Crippen LogP contribution is -2.01. The molecule has 0 aromatic heterocycles. The minimum absolute atomic E-state index is 0.0712. The summed E-state index contributed by atoms with van der Waals surface area (Å²) in [7, 11) is 1.28. The van der Waals surface area contributed by atoms with Crippen LogP contribution in [-0.2, 0) is 0 Å². The molecule has 1 aromatic carbocycles. The second kappa shape index (κ2) is 4.04. The lowest BCUT2D eigenvalue weighted by Gasteiger charge is -2.06. The number of ether oxygens (including phenoxy) is 1. The van der Waals surface area contributed by atoms with Gasteiger partial charge in [0.25, 0.3) is 6.43 Å². The number of hydrogen-bond donors (Lipinski definition) is 1. The van der Waals surface area contributed by atoms with E-state index in [-0.39, 0.29) is 16.9 Å². The fourth-order valence-electron chi connectivity index (χ4n) is 1.03. The van der Waals surface area contributed by atoms with Crippen LogP contribution in [0.2, 0.25) is 0 Å². The number of carboxylic acid groups (broad SMARTS) is 1. The molecule has 76 valence electrons. The Hall–Kier alpha value is -1.65. The first-order valence-corrected chi connectivity index (χ1v) is 3.75. The maximum atomic E-state index is 12.2. The SMILES string of the molecule is COc1ccc(C(F)F)cc1C(=O)O. The molecule has 0 aliphatic carbocycles. The van der Waals surface area contributed by atoms with Crippen molar-refractivity contribution in [3.8, 4) is 5.75 Å². The second-order valence-electron chi connectivity index (χ2n) is 2.57. The molecule has 0 atom stereocenters. The summed E-state index contributed by atoms with van der Waals surface area (Å²) in [4.78, 5) is 10.6. The Labute approximate surface area is 78.9 Å². The number of carboxylic acids is 1. The normalized spacial score (nSPS) is 10.3. The minimum atomic E-state index is -2.68. The third-order valence-corrected chi connectivity index (χ3v) is 1.71. The van der Waals surface area contributed by atoms with Crippen LogP contribution in [0.1, 0.15) is 22.3 Å². The van der Waals surface area contributed by atoms with E-state index in [9.17, 15) is 13.6 Å². The summed E-state index contributed by atoms with van der Waals surface area (Å²) in [6.07, 6.45) is -2.68. The predicted octanol–water partition coefficient (Wildman–Crippen LogP) is 2.33. The van der Waals surface area contributed by atoms with Crippen molar-refractivity contribution < 1.29 is 23.4 Å². The van der Waals surface area contributed by atoms with Crippen molar-refractivity contribution in [2.45, 2.75) is 6.43 Å². The van der Waals surface area contributed by atoms with Crippen LogP contribution in [-0.4, -0.2) is 18.2 Å². The van der Waals surface area contributed by atoms with Crippen molar-refractivity contribution in [3.05, 3.63) is 29.3 Å². The zero-order valence-electron chi connectivity index (χ0n) is 7.33. The summed E-state index contributed by atoms with van der Waals surface area (Å²) in [6, 6.07) is 3.26. The minimum Gasteiger partial charge on any atom is -0.496 e. The highest BCUT2D eigenvalue weighted by molar-refractivity contribution is 5.91. The standard InChI is InChI=1S/C9H8F2O3/c1-14-7-3-2-5(8(10)11)4-6(7)9(12)13/h2-4,8H,1H3,(H,12,13). The Morgan fingerprint density at radius 1 is 1.50 bits per heavy atom. The Balaban J connectivity index is 3.21. The lowest BCUT2D eigenvalue weighted by atomic mass is 10.1. The van der Waals surface area contributed by atoms with Crippen LogP contribution in [0, 0.1) is 0 Å². The molecule has 0 aliphatic rings. The summed E-state index contributed by atoms with van der Waals surface area (Å²) >= 11 is 0. The quantitative estimate of drug-likeness (QED) is 0.818. The van der Waals surface area contributed by atoms with E-state index in [4.69, 9.17) is 9.84 Å². The van der Waals surface area contributed by atoms with Crippen molar-refractivity contribution in [2.24, 2.45) is 0 Å². The van der Waals surface area contributed by atoms with Crippen LogP contribution in [0.15, 0.2) is 18.2 Å². The molecule has 0 saturated heterocycles. The van der Waals surface area contributed by atoms with Crippen LogP contribution in [0.4, 0.5) is 8.78 Å². The third-order valence-electron chi connectivity index (χ3n) is 1.71. The van der Waals surface area contributed by atoms with Gasteiger partial charge in [-0.3, -0.25) is 0 Å². The molecule has 0 radical (unpaired) electrons. The first-order chi connectivity index (χ1) is 6.56. The van der Waals surface area contributed by atoms with Gasteiger partial charge in [-0.05, 0) is 18.2 Å². The number of alkyl halides is 2. The number of methoxy groups -OCH3 is 1. The van der Waals surface area contributed by atoms with Gasteiger partial charge >= 0.3 is 5.97 Å². The van der Waals surface area contributed by atoms with E-state index >= 15 is 0 Å². The van der Waals surface area contributed by atoms with E-state index in [2.05, 4.69) is 0 Å². The molecule has 0 fully saturated rings. The lowest BCUT2D eigenvalue weighted by molar-refractivity contribution is 0.0693. The largest absolute Gasteiger partial charge is 0.496 e. The molecule has 0 aliphatic heterocycles. The Morgan fingerprint density at radius 3 is 2.57 bits per heavy atom. The fourth-order valence-corrected chi connectivity index (χ4v) is 1.03. The molecular weight excluding hydrogens is 194 g/mol. The number of halogens is 2. The van der Waals surface area contributed by atoms with E-state index in [0.29, 0.717) is 0 Å². The average molecular weight is 202 g/mol. The predicted molar refractivity (Wildman–Crippen MR) is 44.9 cm³/mol. The summed E-state index contributed by atoms with van der Waals surface area (Å²) in [5.74, 6) is -1.22. The third kappa shape index (κ3) is 1.99. The molecule has 0 saturated carbocycles. The van der Waals surface area contributed by atoms with Gasteiger partial charge in [-0.1, -0.05) is 0 Å². The van der Waals surface area contributed by atoms with E-state index < -0.39 is 12.4 Å². The van der Waals surface area contributed by atoms with Gasteiger partial charge in [-0.25, -0.2) is 13.6 Å². The Bertz CT molecular complexity index is 350. The van der Waals surface area contributed by atoms with E-state index in [1.165, 1.54) is 13.2 Å². The molecular formula is C9H8F2O3. The molecule has 0 spiro atoms. The maximum Gasteiger partial charge on any atom is 0.339 e. The number of rotatable bonds is 3. The van der Waals surface area contributed by atoms with Crippen molar-refractivity contribution in [3.63, 3.8) is 0 Å². The highest BCUT2D eigenvalue weighted by Gasteiger charge is 2.15. The van der Waals surface area contributed by atoms with Crippen molar-refractivity contribution in [1.82, 2.24) is 0 Å². The van der Waals surface area contributed by atoms with Gasteiger partial charge < -0.3 is 9.84 Å². The van der Waals surface area contributed by atoms with Crippen LogP contribution >= 0.6 is 0 Å². The number of benzene rings is 1. The van der Waals surface area contributed by atoms with Crippen LogP contribution < -0.4 is 4.74 Å². The highest BCUT2D eigenvalue weighted by Crippen LogP contribution is 2.25. The van der Waals surface area contributed by atoms with Crippen LogP contribution in [0.5, 0.6) is 5.75 Å². The smallest absolute Gasteiger partial charge is 0.339 e. The molecule has 0 amide bonds. The zero-order chi connectivity index (χ0) is 10.7. The average Bonchev–Trinajstić information content (AvgIpc) is 2.16. The summed E-state index contributed by atoms with van der Waals surface area (Å²) < 4.78 is 29.1. The molecule has 3 nitrogen and oxygen atoms in total. The molecule has 0 unspecified atom stereocenters. The molecule has 1 rings (SSSR count). The Morgan fingerprint density at radius 2 is 2.14 bits per heavy atom. The van der Waals surface area contributed by atoms with Crippen molar-refractivity contribution >= 4 is 5.97 Å². The maximum absolute atomic E-state index is 12.2. The van der Waals surface area contributed by atoms with Crippen LogP contribution in [0.25, 0.3) is 0 Å². The van der Waals surface area contributed by atoms with Gasteiger partial charge in [0.1, 0.15) is 11.3 Å². The van der Waals surface area contributed by atoms with E-state index in [1.54, 1.807) is 0 Å². The van der Waals surface area contributed by atoms with Crippen LogP contribution in [0.3, 0.4) is 0 Å². The zero-order valence-corrected chi connectivity index (χ0v) is 7.33. The number of carbonyl (C=O) groups is 1. The molecule has 0 bridgehead atoms. The molecule has 0 heterocycles.